The number of halogens is 4. The van der Waals surface area contributed by atoms with Crippen molar-refractivity contribution in [2.45, 2.75) is 25.6 Å². The minimum Gasteiger partial charge on any atom is -0.475 e. The number of carbonyl (C=O) groups is 2. The van der Waals surface area contributed by atoms with Crippen molar-refractivity contribution in [3.8, 4) is 0 Å². The number of nitrogens with zero attached hydrogens (tertiary/aromatic N) is 2. The van der Waals surface area contributed by atoms with Crippen LogP contribution in [-0.2, 0) is 25.7 Å². The topological polar surface area (TPSA) is 79.3 Å². The zero-order valence-corrected chi connectivity index (χ0v) is 17.4. The number of hydroxylamine groups is 2. The monoisotopic (exact) mass is 462 g/mol. The average molecular weight is 462 g/mol. The first kappa shape index (κ1) is 24.4. The third-order valence-electron chi connectivity index (χ3n) is 5.84. The highest BCUT2D eigenvalue weighted by Gasteiger charge is 2.45. The summed E-state index contributed by atoms with van der Waals surface area (Å²) in [5.74, 6) is -2.31. The highest BCUT2D eigenvalue weighted by molar-refractivity contribution is 5.78. The number of hydrogen-bond acceptors (Lipinski definition) is 5. The lowest BCUT2D eigenvalue weighted by atomic mass is 9.82. The Labute approximate surface area is 182 Å². The molecule has 32 heavy (non-hydrogen) atoms. The lowest BCUT2D eigenvalue weighted by Crippen LogP contribution is -2.47. The van der Waals surface area contributed by atoms with Gasteiger partial charge in [-0.25, -0.2) is 14.2 Å². The predicted octanol–water partition coefficient (Wildman–Crippen LogP) is 2.71. The molecule has 0 aromatic heterocycles. The second kappa shape index (κ2) is 10.6. The molecule has 1 aromatic rings. The van der Waals surface area contributed by atoms with E-state index in [0.29, 0.717) is 31.6 Å². The van der Waals surface area contributed by atoms with Crippen LogP contribution < -0.4 is 0 Å². The smallest absolute Gasteiger partial charge is 0.475 e. The molecule has 178 valence electrons. The molecule has 4 rings (SSSR count). The first-order valence-corrected chi connectivity index (χ1v) is 10.4. The van der Waals surface area contributed by atoms with E-state index in [1.54, 1.807) is 5.06 Å². The van der Waals surface area contributed by atoms with Crippen molar-refractivity contribution in [1.82, 2.24) is 9.96 Å². The zero-order valence-electron chi connectivity index (χ0n) is 17.4. The zero-order chi connectivity index (χ0) is 23.3. The molecule has 3 saturated heterocycles. The van der Waals surface area contributed by atoms with Gasteiger partial charge in [-0.3, -0.25) is 14.5 Å². The fourth-order valence-corrected chi connectivity index (χ4v) is 4.28. The number of ether oxygens (including phenoxy) is 1. The lowest BCUT2D eigenvalue weighted by Gasteiger charge is -2.36. The molecule has 1 aromatic carbocycles. The molecule has 0 saturated carbocycles. The molecule has 0 aliphatic carbocycles. The average Bonchev–Trinajstić information content (AvgIpc) is 3.18. The number of benzene rings is 1. The first-order valence-electron chi connectivity index (χ1n) is 10.4. The molecular formula is C21H26F4N2O5. The number of hydrogen-bond donors (Lipinski definition) is 1. The molecule has 0 unspecified atom stereocenters. The number of carbonyl (C=O) groups excluding carboxylic acids is 1. The van der Waals surface area contributed by atoms with E-state index < -0.39 is 12.1 Å². The number of fused-ring (bicyclic) bond motifs is 1. The Morgan fingerprint density at radius 1 is 1.09 bits per heavy atom. The van der Waals surface area contributed by atoms with Gasteiger partial charge in [-0.15, -0.1) is 0 Å². The van der Waals surface area contributed by atoms with Crippen LogP contribution in [0.3, 0.4) is 0 Å². The SMILES string of the molecule is O=C(O)C(F)(F)F.O=C([C@H]1COC[C@H]2CN(Cc3ccc(F)cc3)C[C@H]21)N1CCCCO1. The summed E-state index contributed by atoms with van der Waals surface area (Å²) in [5, 5.41) is 8.68. The number of aliphatic carboxylic acids is 1. The Balaban J connectivity index is 0.000000360. The molecule has 7 nitrogen and oxygen atoms in total. The van der Waals surface area contributed by atoms with Gasteiger partial charge in [0.15, 0.2) is 0 Å². The largest absolute Gasteiger partial charge is 0.490 e. The molecule has 0 spiro atoms. The summed E-state index contributed by atoms with van der Waals surface area (Å²) in [6, 6.07) is 6.67. The van der Waals surface area contributed by atoms with E-state index in [1.807, 2.05) is 12.1 Å². The summed E-state index contributed by atoms with van der Waals surface area (Å²) in [6.45, 7) is 5.12. The lowest BCUT2D eigenvalue weighted by molar-refractivity contribution is -0.207. The van der Waals surface area contributed by atoms with Crippen LogP contribution in [0.2, 0.25) is 0 Å². The summed E-state index contributed by atoms with van der Waals surface area (Å²) in [5.41, 5.74) is 1.10. The van der Waals surface area contributed by atoms with E-state index in [1.165, 1.54) is 12.1 Å². The fraction of sp³-hybridized carbons (Fsp3) is 0.619. The second-order valence-corrected chi connectivity index (χ2v) is 8.17. The van der Waals surface area contributed by atoms with E-state index in [9.17, 15) is 22.4 Å². The fourth-order valence-electron chi connectivity index (χ4n) is 4.28. The molecule has 3 aliphatic rings. The number of rotatable bonds is 3. The molecule has 3 heterocycles. The van der Waals surface area contributed by atoms with Gasteiger partial charge in [-0.05, 0) is 42.4 Å². The van der Waals surface area contributed by atoms with Crippen molar-refractivity contribution < 1.29 is 41.8 Å². The summed E-state index contributed by atoms with van der Waals surface area (Å²) >= 11 is 0. The molecule has 3 aliphatic heterocycles. The molecule has 1 amide bonds. The number of carboxylic acids is 1. The summed E-state index contributed by atoms with van der Waals surface area (Å²) in [4.78, 5) is 29.7. The minimum atomic E-state index is -5.08. The van der Waals surface area contributed by atoms with Crippen LogP contribution in [-0.4, -0.2) is 72.6 Å². The number of likely N-dealkylation sites (tertiary alicyclic amines) is 1. The third kappa shape index (κ3) is 6.39. The predicted molar refractivity (Wildman–Crippen MR) is 104 cm³/mol. The Morgan fingerprint density at radius 3 is 2.38 bits per heavy atom. The van der Waals surface area contributed by atoms with Gasteiger partial charge in [0.2, 0.25) is 0 Å². The van der Waals surface area contributed by atoms with Crippen LogP contribution in [0.15, 0.2) is 24.3 Å². The van der Waals surface area contributed by atoms with Crippen molar-refractivity contribution in [2.24, 2.45) is 17.8 Å². The molecule has 0 radical (unpaired) electrons. The Hall–Kier alpha value is -2.24. The van der Waals surface area contributed by atoms with Crippen molar-refractivity contribution in [2.75, 3.05) is 39.5 Å². The molecular weight excluding hydrogens is 436 g/mol. The van der Waals surface area contributed by atoms with Crippen molar-refractivity contribution in [3.05, 3.63) is 35.6 Å². The molecule has 11 heteroatoms. The Kier molecular flexibility index (Phi) is 8.07. The van der Waals surface area contributed by atoms with Crippen LogP contribution in [0.4, 0.5) is 17.6 Å². The first-order chi connectivity index (χ1) is 15.1. The van der Waals surface area contributed by atoms with Crippen LogP contribution in [0.1, 0.15) is 18.4 Å². The van der Waals surface area contributed by atoms with E-state index in [2.05, 4.69) is 4.90 Å². The maximum absolute atomic E-state index is 13.1. The highest BCUT2D eigenvalue weighted by Crippen LogP contribution is 2.36. The molecule has 3 atom stereocenters. The van der Waals surface area contributed by atoms with Gasteiger partial charge in [-0.1, -0.05) is 12.1 Å². The van der Waals surface area contributed by atoms with Gasteiger partial charge >= 0.3 is 12.1 Å². The van der Waals surface area contributed by atoms with Crippen LogP contribution in [0.5, 0.6) is 0 Å². The van der Waals surface area contributed by atoms with Crippen LogP contribution >= 0.6 is 0 Å². The summed E-state index contributed by atoms with van der Waals surface area (Å²) < 4.78 is 50.6. The minimum absolute atomic E-state index is 0.0815. The van der Waals surface area contributed by atoms with Crippen molar-refractivity contribution in [3.63, 3.8) is 0 Å². The van der Waals surface area contributed by atoms with Gasteiger partial charge < -0.3 is 9.84 Å². The van der Waals surface area contributed by atoms with E-state index >= 15 is 0 Å². The quantitative estimate of drug-likeness (QED) is 0.696. The summed E-state index contributed by atoms with van der Waals surface area (Å²) in [6.07, 6.45) is -3.06. The summed E-state index contributed by atoms with van der Waals surface area (Å²) in [7, 11) is 0. The molecule has 3 fully saturated rings. The molecule has 1 N–H and O–H groups in total. The van der Waals surface area contributed by atoms with E-state index in [-0.39, 0.29) is 17.6 Å². The number of amides is 1. The normalized spacial score (nSPS) is 26.1. The molecule has 0 bridgehead atoms. The Morgan fingerprint density at radius 2 is 1.78 bits per heavy atom. The maximum Gasteiger partial charge on any atom is 0.490 e. The van der Waals surface area contributed by atoms with Gasteiger partial charge in [0, 0.05) is 26.2 Å². The van der Waals surface area contributed by atoms with Gasteiger partial charge in [0.25, 0.3) is 5.91 Å². The van der Waals surface area contributed by atoms with E-state index in [4.69, 9.17) is 19.5 Å². The standard InChI is InChI=1S/C19H25FN2O3.C2HF3O2/c20-16-5-3-14(4-6-16)9-21-10-15-12-24-13-18(17(15)11-21)19(23)22-7-1-2-8-25-22;3-2(4,5)1(6)7/h3-6,15,17-18H,1-2,7-13H2;(H,6,7)/t15-,17-,18+;/m1./s1. The third-order valence-corrected chi connectivity index (χ3v) is 5.84. The van der Waals surface area contributed by atoms with E-state index in [0.717, 1.165) is 44.6 Å². The number of alkyl halides is 3. The van der Waals surface area contributed by atoms with Crippen LogP contribution in [0.25, 0.3) is 0 Å². The Bertz CT molecular complexity index is 783. The second-order valence-electron chi connectivity index (χ2n) is 8.17. The van der Waals surface area contributed by atoms with Gasteiger partial charge in [0.1, 0.15) is 5.82 Å². The highest BCUT2D eigenvalue weighted by atomic mass is 19.4. The number of carboxylic acid groups (broad SMARTS) is 1. The van der Waals surface area contributed by atoms with Crippen LogP contribution in [0, 0.1) is 23.6 Å². The maximum atomic E-state index is 13.1. The van der Waals surface area contributed by atoms with Crippen molar-refractivity contribution in [1.29, 1.82) is 0 Å². The van der Waals surface area contributed by atoms with Gasteiger partial charge in [0.05, 0.1) is 25.7 Å². The van der Waals surface area contributed by atoms with Crippen molar-refractivity contribution >= 4 is 11.9 Å². The van der Waals surface area contributed by atoms with Gasteiger partial charge in [-0.2, -0.15) is 13.2 Å².